The summed E-state index contributed by atoms with van der Waals surface area (Å²) in [6.07, 6.45) is 7.18. The molecule has 2 heteroatoms. The SMILES string of the molecule is CC(=O)OCC1=C[C@H]2C(=C(C)CC[C@@H]2C(C)C)CC1. The molecule has 2 atom stereocenters. The molecule has 0 bridgehead atoms. The van der Waals surface area contributed by atoms with Gasteiger partial charge in [-0.25, -0.2) is 0 Å². The third kappa shape index (κ3) is 3.29. The lowest BCUT2D eigenvalue weighted by Gasteiger charge is -2.39. The highest BCUT2D eigenvalue weighted by Gasteiger charge is 2.32. The van der Waals surface area contributed by atoms with Crippen molar-refractivity contribution in [3.63, 3.8) is 0 Å². The van der Waals surface area contributed by atoms with Gasteiger partial charge in [-0.3, -0.25) is 4.79 Å². The molecule has 0 amide bonds. The Kier molecular flexibility index (Phi) is 4.49. The summed E-state index contributed by atoms with van der Waals surface area (Å²) in [5.41, 5.74) is 4.57. The Labute approximate surface area is 116 Å². The largest absolute Gasteiger partial charge is 0.461 e. The van der Waals surface area contributed by atoms with Gasteiger partial charge in [-0.2, -0.15) is 0 Å². The minimum atomic E-state index is -0.178. The zero-order valence-corrected chi connectivity index (χ0v) is 12.7. The van der Waals surface area contributed by atoms with Gasteiger partial charge in [0.05, 0.1) is 0 Å². The molecule has 0 fully saturated rings. The molecule has 106 valence electrons. The number of esters is 1. The maximum absolute atomic E-state index is 10.9. The van der Waals surface area contributed by atoms with E-state index in [0.717, 1.165) is 24.7 Å². The molecule has 0 saturated heterocycles. The van der Waals surface area contributed by atoms with Crippen molar-refractivity contribution < 1.29 is 9.53 Å². The number of hydrogen-bond donors (Lipinski definition) is 0. The van der Waals surface area contributed by atoms with Crippen LogP contribution in [0, 0.1) is 17.8 Å². The number of carbonyl (C=O) groups is 1. The summed E-state index contributed by atoms with van der Waals surface area (Å²) < 4.78 is 5.16. The fourth-order valence-electron chi connectivity index (χ4n) is 3.57. The number of hydrogen-bond acceptors (Lipinski definition) is 2. The van der Waals surface area contributed by atoms with Crippen LogP contribution in [-0.2, 0) is 9.53 Å². The predicted molar refractivity (Wildman–Crippen MR) is 77.7 cm³/mol. The number of fused-ring (bicyclic) bond motifs is 1. The summed E-state index contributed by atoms with van der Waals surface area (Å²) in [6, 6.07) is 0. The smallest absolute Gasteiger partial charge is 0.302 e. The van der Waals surface area contributed by atoms with Crippen LogP contribution in [0.3, 0.4) is 0 Å². The van der Waals surface area contributed by atoms with Gasteiger partial charge in [-0.15, -0.1) is 0 Å². The summed E-state index contributed by atoms with van der Waals surface area (Å²) in [6.45, 7) is 8.93. The first kappa shape index (κ1) is 14.4. The monoisotopic (exact) mass is 262 g/mol. The van der Waals surface area contributed by atoms with Gasteiger partial charge in [0.15, 0.2) is 0 Å². The van der Waals surface area contributed by atoms with Crippen LogP contribution >= 0.6 is 0 Å². The average molecular weight is 262 g/mol. The van der Waals surface area contributed by atoms with Crippen molar-refractivity contribution in [1.82, 2.24) is 0 Å². The maximum Gasteiger partial charge on any atom is 0.302 e. The highest BCUT2D eigenvalue weighted by atomic mass is 16.5. The van der Waals surface area contributed by atoms with Gasteiger partial charge in [0.2, 0.25) is 0 Å². The lowest BCUT2D eigenvalue weighted by atomic mass is 9.67. The first-order valence-corrected chi connectivity index (χ1v) is 7.50. The van der Waals surface area contributed by atoms with Gasteiger partial charge in [0.25, 0.3) is 0 Å². The van der Waals surface area contributed by atoms with E-state index in [2.05, 4.69) is 26.8 Å². The Bertz CT molecular complexity index is 415. The number of rotatable bonds is 3. The van der Waals surface area contributed by atoms with Crippen LogP contribution in [0.15, 0.2) is 22.8 Å². The molecule has 19 heavy (non-hydrogen) atoms. The Morgan fingerprint density at radius 3 is 2.74 bits per heavy atom. The van der Waals surface area contributed by atoms with Crippen molar-refractivity contribution in [2.45, 2.75) is 53.4 Å². The highest BCUT2D eigenvalue weighted by molar-refractivity contribution is 5.66. The molecule has 0 aliphatic heterocycles. The molecule has 2 aliphatic carbocycles. The van der Waals surface area contributed by atoms with Crippen LogP contribution in [0.1, 0.15) is 53.4 Å². The second kappa shape index (κ2) is 5.94. The van der Waals surface area contributed by atoms with Gasteiger partial charge in [0.1, 0.15) is 6.61 Å². The minimum absolute atomic E-state index is 0.178. The van der Waals surface area contributed by atoms with Crippen LogP contribution in [0.4, 0.5) is 0 Å². The third-order valence-corrected chi connectivity index (χ3v) is 4.71. The second-order valence-electron chi connectivity index (χ2n) is 6.38. The van der Waals surface area contributed by atoms with E-state index in [1.54, 1.807) is 11.1 Å². The summed E-state index contributed by atoms with van der Waals surface area (Å²) in [4.78, 5) is 10.9. The van der Waals surface area contributed by atoms with E-state index in [1.807, 2.05) is 0 Å². The summed E-state index contributed by atoms with van der Waals surface area (Å²) >= 11 is 0. The molecular formula is C17H26O2. The van der Waals surface area contributed by atoms with Gasteiger partial charge < -0.3 is 4.74 Å². The van der Waals surface area contributed by atoms with Crippen molar-refractivity contribution in [3.05, 3.63) is 22.8 Å². The Hall–Kier alpha value is -1.05. The zero-order chi connectivity index (χ0) is 14.0. The van der Waals surface area contributed by atoms with E-state index >= 15 is 0 Å². The molecular weight excluding hydrogens is 236 g/mol. The molecule has 0 aromatic rings. The van der Waals surface area contributed by atoms with E-state index in [-0.39, 0.29) is 5.97 Å². The highest BCUT2D eigenvalue weighted by Crippen LogP contribution is 2.44. The fraction of sp³-hybridized carbons (Fsp3) is 0.706. The molecule has 0 aromatic heterocycles. The first-order chi connectivity index (χ1) is 8.99. The standard InChI is InChI=1S/C17H26O2/c1-11(2)15-7-5-12(3)16-8-6-14(9-17(15)16)10-19-13(4)18/h9,11,15,17H,5-8,10H2,1-4H3/t15-,17-/m1/s1. The fourth-order valence-corrected chi connectivity index (χ4v) is 3.57. The molecule has 0 saturated carbocycles. The van der Waals surface area contributed by atoms with Gasteiger partial charge >= 0.3 is 5.97 Å². The predicted octanol–water partition coefficient (Wildman–Crippen LogP) is 4.27. The first-order valence-electron chi connectivity index (χ1n) is 7.50. The van der Waals surface area contributed by atoms with Crippen LogP contribution in [0.25, 0.3) is 0 Å². The maximum atomic E-state index is 10.9. The Morgan fingerprint density at radius 2 is 2.11 bits per heavy atom. The van der Waals surface area contributed by atoms with Crippen LogP contribution in [0.2, 0.25) is 0 Å². The summed E-state index contributed by atoms with van der Waals surface area (Å²) in [7, 11) is 0. The molecule has 0 aromatic carbocycles. The van der Waals surface area contributed by atoms with Crippen molar-refractivity contribution >= 4 is 5.97 Å². The third-order valence-electron chi connectivity index (χ3n) is 4.71. The molecule has 2 nitrogen and oxygen atoms in total. The zero-order valence-electron chi connectivity index (χ0n) is 12.7. The quantitative estimate of drug-likeness (QED) is 0.561. The van der Waals surface area contributed by atoms with Crippen LogP contribution in [0.5, 0.6) is 0 Å². The van der Waals surface area contributed by atoms with E-state index in [4.69, 9.17) is 4.74 Å². The van der Waals surface area contributed by atoms with Gasteiger partial charge in [-0.1, -0.05) is 31.1 Å². The number of carbonyl (C=O) groups excluding carboxylic acids is 1. The Morgan fingerprint density at radius 1 is 1.37 bits per heavy atom. The van der Waals surface area contributed by atoms with E-state index in [9.17, 15) is 4.79 Å². The molecule has 0 radical (unpaired) electrons. The van der Waals surface area contributed by atoms with Crippen molar-refractivity contribution in [1.29, 1.82) is 0 Å². The molecule has 2 aliphatic rings. The van der Waals surface area contributed by atoms with Crippen LogP contribution in [-0.4, -0.2) is 12.6 Å². The average Bonchev–Trinajstić information content (AvgIpc) is 2.36. The lowest BCUT2D eigenvalue weighted by molar-refractivity contribution is -0.140. The Balaban J connectivity index is 2.18. The summed E-state index contributed by atoms with van der Waals surface area (Å²) in [5, 5.41) is 0. The van der Waals surface area contributed by atoms with E-state index < -0.39 is 0 Å². The van der Waals surface area contributed by atoms with Crippen molar-refractivity contribution in [3.8, 4) is 0 Å². The minimum Gasteiger partial charge on any atom is -0.461 e. The molecule has 0 N–H and O–H groups in total. The number of ether oxygens (including phenoxy) is 1. The van der Waals surface area contributed by atoms with E-state index in [0.29, 0.717) is 12.5 Å². The second-order valence-corrected chi connectivity index (χ2v) is 6.38. The van der Waals surface area contributed by atoms with Gasteiger partial charge in [0, 0.05) is 12.8 Å². The molecule has 0 spiro atoms. The van der Waals surface area contributed by atoms with E-state index in [1.165, 1.54) is 25.3 Å². The molecule has 2 rings (SSSR count). The normalized spacial score (nSPS) is 27.1. The number of allylic oxidation sites excluding steroid dienone is 3. The molecule has 0 heterocycles. The van der Waals surface area contributed by atoms with Crippen molar-refractivity contribution in [2.75, 3.05) is 6.61 Å². The molecule has 0 unspecified atom stereocenters. The van der Waals surface area contributed by atoms with Crippen LogP contribution < -0.4 is 0 Å². The van der Waals surface area contributed by atoms with Crippen molar-refractivity contribution in [2.24, 2.45) is 17.8 Å². The lowest BCUT2D eigenvalue weighted by Crippen LogP contribution is -2.28. The topological polar surface area (TPSA) is 26.3 Å². The summed E-state index contributed by atoms with van der Waals surface area (Å²) in [5.74, 6) is 1.89. The van der Waals surface area contributed by atoms with Gasteiger partial charge in [-0.05, 0) is 50.0 Å².